The van der Waals surface area contributed by atoms with E-state index >= 15 is 0 Å². The molecule has 0 spiro atoms. The van der Waals surface area contributed by atoms with Crippen LogP contribution in [0.5, 0.6) is 5.75 Å². The van der Waals surface area contributed by atoms with Gasteiger partial charge in [0.25, 0.3) is 5.91 Å². The summed E-state index contributed by atoms with van der Waals surface area (Å²) in [6.45, 7) is 11.5. The van der Waals surface area contributed by atoms with Gasteiger partial charge >= 0.3 is 0 Å². The number of hydrogen-bond acceptors (Lipinski definition) is 3. The number of rotatable bonds is 9. The first-order valence-corrected chi connectivity index (χ1v) is 10.2. The van der Waals surface area contributed by atoms with Gasteiger partial charge in [-0.15, -0.1) is 0 Å². The van der Waals surface area contributed by atoms with E-state index in [2.05, 4.69) is 53.1 Å². The van der Waals surface area contributed by atoms with Crippen LogP contribution < -0.4 is 21.7 Å². The van der Waals surface area contributed by atoms with Gasteiger partial charge < -0.3 is 35.8 Å². The highest BCUT2D eigenvalue weighted by Crippen LogP contribution is 2.24. The number of nitrogens with zero attached hydrogens (tertiary/aromatic N) is 2. The highest BCUT2D eigenvalue weighted by atomic mass is 79.9. The second kappa shape index (κ2) is 11.8. The van der Waals surface area contributed by atoms with Crippen molar-refractivity contribution < 1.29 is 35.7 Å². The maximum atomic E-state index is 12.4. The SMILES string of the molecule is Cc1ccc(C(C)C)cc1OCCCC[N+](C)(C)CC(=O)N1CCOCC1.[Br-]. The normalized spacial score (nSPS) is 14.7. The second-order valence-corrected chi connectivity index (χ2v) is 8.55. The minimum Gasteiger partial charge on any atom is -1.00 e. The molecule has 0 aromatic heterocycles. The summed E-state index contributed by atoms with van der Waals surface area (Å²) >= 11 is 0. The van der Waals surface area contributed by atoms with E-state index in [1.54, 1.807) is 0 Å². The van der Waals surface area contributed by atoms with Crippen molar-refractivity contribution in [2.75, 3.05) is 60.1 Å². The number of amides is 1. The Morgan fingerprint density at radius 2 is 1.89 bits per heavy atom. The van der Waals surface area contributed by atoms with E-state index in [0.717, 1.165) is 49.3 Å². The van der Waals surface area contributed by atoms with Gasteiger partial charge in [-0.3, -0.25) is 4.79 Å². The van der Waals surface area contributed by atoms with E-state index in [1.165, 1.54) is 11.1 Å². The largest absolute Gasteiger partial charge is 1.00 e. The molecule has 5 nitrogen and oxygen atoms in total. The minimum absolute atomic E-state index is 0. The quantitative estimate of drug-likeness (QED) is 0.394. The molecule has 160 valence electrons. The Labute approximate surface area is 181 Å². The fraction of sp³-hybridized carbons (Fsp3) is 0.682. The first-order valence-electron chi connectivity index (χ1n) is 10.2. The maximum absolute atomic E-state index is 12.4. The molecule has 1 fully saturated rings. The molecule has 0 saturated carbocycles. The summed E-state index contributed by atoms with van der Waals surface area (Å²) in [5, 5.41) is 0. The molecule has 6 heteroatoms. The van der Waals surface area contributed by atoms with Gasteiger partial charge in [0, 0.05) is 13.1 Å². The minimum atomic E-state index is 0. The molecule has 0 aliphatic carbocycles. The summed E-state index contributed by atoms with van der Waals surface area (Å²) < 4.78 is 12.1. The zero-order valence-electron chi connectivity index (χ0n) is 18.2. The molecule has 0 N–H and O–H groups in total. The Morgan fingerprint density at radius 3 is 2.54 bits per heavy atom. The average molecular weight is 457 g/mol. The maximum Gasteiger partial charge on any atom is 0.277 e. The summed E-state index contributed by atoms with van der Waals surface area (Å²) in [6, 6.07) is 6.49. The molecule has 1 saturated heterocycles. The van der Waals surface area contributed by atoms with Crippen LogP contribution in [0.4, 0.5) is 0 Å². The van der Waals surface area contributed by atoms with Crippen LogP contribution in [0.25, 0.3) is 0 Å². The molecule has 0 unspecified atom stereocenters. The van der Waals surface area contributed by atoms with E-state index in [1.807, 2.05) is 4.90 Å². The highest BCUT2D eigenvalue weighted by molar-refractivity contribution is 5.77. The van der Waals surface area contributed by atoms with Crippen molar-refractivity contribution in [2.24, 2.45) is 0 Å². The molecule has 1 aliphatic heterocycles. The third-order valence-electron chi connectivity index (χ3n) is 5.22. The molecule has 28 heavy (non-hydrogen) atoms. The highest BCUT2D eigenvalue weighted by Gasteiger charge is 2.25. The van der Waals surface area contributed by atoms with Crippen molar-refractivity contribution >= 4 is 5.91 Å². The second-order valence-electron chi connectivity index (χ2n) is 8.55. The average Bonchev–Trinajstić information content (AvgIpc) is 2.63. The van der Waals surface area contributed by atoms with Gasteiger partial charge in [0.2, 0.25) is 0 Å². The summed E-state index contributed by atoms with van der Waals surface area (Å²) in [4.78, 5) is 14.4. The number of benzene rings is 1. The summed E-state index contributed by atoms with van der Waals surface area (Å²) in [6.07, 6.45) is 2.05. The van der Waals surface area contributed by atoms with Gasteiger partial charge in [-0.05, 0) is 42.9 Å². The third kappa shape index (κ3) is 8.10. The Hall–Kier alpha value is -1.11. The number of likely N-dealkylation sites (N-methyl/N-ethyl adjacent to an activating group) is 1. The van der Waals surface area contributed by atoms with Crippen molar-refractivity contribution in [1.82, 2.24) is 4.90 Å². The molecule has 0 atom stereocenters. The molecule has 0 bridgehead atoms. The third-order valence-corrected chi connectivity index (χ3v) is 5.22. The van der Waals surface area contributed by atoms with Gasteiger partial charge in [0.1, 0.15) is 5.75 Å². The van der Waals surface area contributed by atoms with Gasteiger partial charge in [0.05, 0.1) is 40.5 Å². The number of carbonyl (C=O) groups is 1. The summed E-state index contributed by atoms with van der Waals surface area (Å²) in [7, 11) is 4.27. The lowest BCUT2D eigenvalue weighted by Gasteiger charge is -2.33. The van der Waals surface area contributed by atoms with Gasteiger partial charge in [-0.25, -0.2) is 0 Å². The molecular formula is C22H37BrN2O3. The number of aryl methyl sites for hydroxylation is 1. The first-order chi connectivity index (χ1) is 12.8. The number of hydrogen-bond donors (Lipinski definition) is 0. The van der Waals surface area contributed by atoms with Gasteiger partial charge in [0.15, 0.2) is 6.54 Å². The Morgan fingerprint density at radius 1 is 1.21 bits per heavy atom. The number of carbonyl (C=O) groups excluding carboxylic acids is 1. The van der Waals surface area contributed by atoms with Gasteiger partial charge in [-0.1, -0.05) is 26.0 Å². The smallest absolute Gasteiger partial charge is 0.277 e. The van der Waals surface area contributed by atoms with Crippen LogP contribution in [-0.2, 0) is 9.53 Å². The van der Waals surface area contributed by atoms with E-state index in [4.69, 9.17) is 9.47 Å². The van der Waals surface area contributed by atoms with Crippen LogP contribution in [0.15, 0.2) is 18.2 Å². The van der Waals surface area contributed by atoms with Crippen LogP contribution >= 0.6 is 0 Å². The van der Waals surface area contributed by atoms with E-state index in [-0.39, 0.29) is 22.9 Å². The van der Waals surface area contributed by atoms with Crippen LogP contribution in [0, 0.1) is 6.92 Å². The molecule has 1 aromatic rings. The lowest BCUT2D eigenvalue weighted by molar-refractivity contribution is -0.883. The fourth-order valence-corrected chi connectivity index (χ4v) is 3.31. The molecule has 1 aromatic carbocycles. The standard InChI is InChI=1S/C22H37N2O3.BrH/c1-18(2)20-9-8-19(3)21(16-20)27-13-7-6-12-24(4,5)17-22(25)23-10-14-26-15-11-23;/h8-9,16,18H,6-7,10-15,17H2,1-5H3;1H/q+1;/p-1. The van der Waals surface area contributed by atoms with Crippen molar-refractivity contribution in [3.05, 3.63) is 29.3 Å². The number of halogens is 1. The number of unbranched alkanes of at least 4 members (excludes halogenated alkanes) is 1. The number of ether oxygens (including phenoxy) is 2. The zero-order valence-corrected chi connectivity index (χ0v) is 19.8. The topological polar surface area (TPSA) is 38.8 Å². The number of morpholine rings is 1. The van der Waals surface area contributed by atoms with E-state index < -0.39 is 0 Å². The zero-order chi connectivity index (χ0) is 19.9. The lowest BCUT2D eigenvalue weighted by atomic mass is 10.0. The first kappa shape index (κ1) is 24.9. The molecule has 1 heterocycles. The van der Waals surface area contributed by atoms with Gasteiger partial charge in [-0.2, -0.15) is 0 Å². The molecule has 2 rings (SSSR count). The monoisotopic (exact) mass is 456 g/mol. The van der Waals surface area contributed by atoms with Crippen LogP contribution in [0.1, 0.15) is 43.7 Å². The Balaban J connectivity index is 0.00000392. The summed E-state index contributed by atoms with van der Waals surface area (Å²) in [5.74, 6) is 1.74. The van der Waals surface area contributed by atoms with Crippen molar-refractivity contribution in [3.63, 3.8) is 0 Å². The number of quaternary nitrogens is 1. The predicted molar refractivity (Wildman–Crippen MR) is 109 cm³/mol. The van der Waals surface area contributed by atoms with E-state index in [0.29, 0.717) is 25.7 Å². The lowest BCUT2D eigenvalue weighted by Crippen LogP contribution is -3.00. The van der Waals surface area contributed by atoms with Crippen LogP contribution in [0.3, 0.4) is 0 Å². The fourth-order valence-electron chi connectivity index (χ4n) is 3.31. The molecular weight excluding hydrogens is 420 g/mol. The molecule has 1 amide bonds. The molecule has 0 radical (unpaired) electrons. The van der Waals surface area contributed by atoms with Crippen molar-refractivity contribution in [3.8, 4) is 5.75 Å². The molecule has 1 aliphatic rings. The predicted octanol–water partition coefficient (Wildman–Crippen LogP) is 0.217. The van der Waals surface area contributed by atoms with Crippen LogP contribution in [-0.4, -0.2) is 75.4 Å². The van der Waals surface area contributed by atoms with Crippen molar-refractivity contribution in [1.29, 1.82) is 0 Å². The van der Waals surface area contributed by atoms with Crippen LogP contribution in [0.2, 0.25) is 0 Å². The van der Waals surface area contributed by atoms with E-state index in [9.17, 15) is 4.79 Å². The summed E-state index contributed by atoms with van der Waals surface area (Å²) in [5.41, 5.74) is 2.50. The Bertz CT molecular complexity index is 614. The Kier molecular flexibility index (Phi) is 10.5. The van der Waals surface area contributed by atoms with Crippen molar-refractivity contribution in [2.45, 2.75) is 39.5 Å².